The molecule has 1 atom stereocenters. The van der Waals surface area contributed by atoms with Crippen molar-refractivity contribution in [3.8, 4) is 5.75 Å². The molecule has 2 N–H and O–H groups in total. The molecule has 1 aromatic heterocycles. The van der Waals surface area contributed by atoms with Crippen LogP contribution in [0, 0.1) is 0 Å². The second kappa shape index (κ2) is 10.1. The van der Waals surface area contributed by atoms with Crippen molar-refractivity contribution in [1.82, 2.24) is 10.6 Å². The van der Waals surface area contributed by atoms with Crippen LogP contribution in [-0.2, 0) is 23.9 Å². The number of esters is 2. The van der Waals surface area contributed by atoms with E-state index in [0.717, 1.165) is 0 Å². The van der Waals surface area contributed by atoms with Crippen LogP contribution in [0.15, 0.2) is 58.3 Å². The highest BCUT2D eigenvalue weighted by Crippen LogP contribution is 2.31. The van der Waals surface area contributed by atoms with E-state index in [1.165, 1.54) is 11.2 Å². The first-order chi connectivity index (χ1) is 16.5. The van der Waals surface area contributed by atoms with Gasteiger partial charge in [-0.05, 0) is 31.2 Å². The number of nitrogens with one attached hydrogen (secondary N) is 2. The summed E-state index contributed by atoms with van der Waals surface area (Å²) in [6.45, 7) is 1.37. The van der Waals surface area contributed by atoms with Gasteiger partial charge in [0.25, 0.3) is 5.91 Å². The fourth-order valence-electron chi connectivity index (χ4n) is 3.68. The highest BCUT2D eigenvalue weighted by atomic mass is 16.5. The lowest BCUT2D eigenvalue weighted by Crippen LogP contribution is -2.47. The Labute approximate surface area is 194 Å². The summed E-state index contributed by atoms with van der Waals surface area (Å²) < 4.78 is 21.2. The zero-order chi connectivity index (χ0) is 24.1. The molecule has 3 heterocycles. The van der Waals surface area contributed by atoms with Crippen LogP contribution in [0.4, 0.5) is 10.5 Å². The van der Waals surface area contributed by atoms with Crippen LogP contribution in [0.1, 0.15) is 25.1 Å². The van der Waals surface area contributed by atoms with Crippen molar-refractivity contribution in [3.63, 3.8) is 0 Å². The average Bonchev–Trinajstić information content (AvgIpc) is 3.37. The molecular weight excluding hydrogens is 446 g/mol. The number of hydrogen-bond donors (Lipinski definition) is 2. The first-order valence-corrected chi connectivity index (χ1v) is 10.7. The first-order valence-electron chi connectivity index (χ1n) is 10.7. The van der Waals surface area contributed by atoms with Gasteiger partial charge in [0.15, 0.2) is 6.61 Å². The van der Waals surface area contributed by atoms with E-state index in [1.807, 2.05) is 0 Å². The minimum absolute atomic E-state index is 0.0708. The number of carbonyl (C=O) groups excluding carboxylic acids is 4. The summed E-state index contributed by atoms with van der Waals surface area (Å²) in [7, 11) is 0. The van der Waals surface area contributed by atoms with Crippen molar-refractivity contribution < 1.29 is 37.8 Å². The highest BCUT2D eigenvalue weighted by molar-refractivity contribution is 5.98. The summed E-state index contributed by atoms with van der Waals surface area (Å²) in [5.74, 6) is -0.689. The van der Waals surface area contributed by atoms with Crippen molar-refractivity contribution >= 4 is 29.6 Å². The average molecular weight is 469 g/mol. The molecule has 11 nitrogen and oxygen atoms in total. The normalized spacial score (nSPS) is 17.3. The van der Waals surface area contributed by atoms with Crippen LogP contribution in [0.5, 0.6) is 5.75 Å². The molecule has 0 radical (unpaired) electrons. The number of ether oxygens (including phenoxy) is 3. The molecule has 1 unspecified atom stereocenters. The zero-order valence-electron chi connectivity index (χ0n) is 18.4. The van der Waals surface area contributed by atoms with E-state index >= 15 is 0 Å². The number of rotatable bonds is 8. The topological polar surface area (TPSA) is 136 Å². The predicted molar refractivity (Wildman–Crippen MR) is 117 cm³/mol. The van der Waals surface area contributed by atoms with Gasteiger partial charge in [-0.1, -0.05) is 12.1 Å². The third-order valence-electron chi connectivity index (χ3n) is 5.20. The van der Waals surface area contributed by atoms with E-state index in [4.69, 9.17) is 18.6 Å². The standard InChI is InChI=1S/C23H23N3O8/c1-2-31-22(29)20-14(24-23(30)25-21(20)17-8-5-11-32-17)12-34-19(28)9-10-26-15-6-3-4-7-16(15)33-13-18(26)27/h3-8,11,21H,2,9-10,12-13H2,1H3,(H2,24,25,30). The monoisotopic (exact) mass is 469 g/mol. The molecule has 2 aliphatic rings. The van der Waals surface area contributed by atoms with Gasteiger partial charge < -0.3 is 34.2 Å². The number of furan rings is 1. The van der Waals surface area contributed by atoms with E-state index in [2.05, 4.69) is 10.6 Å². The number of anilines is 1. The molecule has 0 saturated heterocycles. The summed E-state index contributed by atoms with van der Waals surface area (Å²) in [5.41, 5.74) is 0.733. The summed E-state index contributed by atoms with van der Waals surface area (Å²) in [4.78, 5) is 51.0. The largest absolute Gasteiger partial charge is 0.482 e. The van der Waals surface area contributed by atoms with E-state index in [1.54, 1.807) is 43.3 Å². The summed E-state index contributed by atoms with van der Waals surface area (Å²) in [6, 6.07) is 8.77. The van der Waals surface area contributed by atoms with E-state index in [9.17, 15) is 19.2 Å². The number of urea groups is 1. The molecule has 0 bridgehead atoms. The molecule has 34 heavy (non-hydrogen) atoms. The van der Waals surface area contributed by atoms with Crippen LogP contribution in [0.3, 0.4) is 0 Å². The van der Waals surface area contributed by atoms with Crippen molar-refractivity contribution in [2.75, 3.05) is 31.3 Å². The van der Waals surface area contributed by atoms with Gasteiger partial charge in [0, 0.05) is 6.54 Å². The molecule has 4 rings (SSSR count). The number of carbonyl (C=O) groups is 4. The number of benzene rings is 1. The fraction of sp³-hybridized carbons (Fsp3) is 0.304. The molecule has 11 heteroatoms. The number of nitrogens with zero attached hydrogens (tertiary/aromatic N) is 1. The van der Waals surface area contributed by atoms with Gasteiger partial charge in [0.2, 0.25) is 0 Å². The molecule has 0 spiro atoms. The van der Waals surface area contributed by atoms with Gasteiger partial charge in [-0.2, -0.15) is 0 Å². The second-order valence-electron chi connectivity index (χ2n) is 7.37. The Kier molecular flexibility index (Phi) is 6.81. The van der Waals surface area contributed by atoms with E-state index in [-0.39, 0.29) is 50.0 Å². The predicted octanol–water partition coefficient (Wildman–Crippen LogP) is 1.81. The first kappa shape index (κ1) is 22.9. The van der Waals surface area contributed by atoms with Gasteiger partial charge in [0.1, 0.15) is 24.2 Å². The van der Waals surface area contributed by atoms with Gasteiger partial charge in [-0.3, -0.25) is 9.59 Å². The number of hydrogen-bond acceptors (Lipinski definition) is 8. The molecular formula is C23H23N3O8. The van der Waals surface area contributed by atoms with Crippen molar-refractivity contribution in [2.24, 2.45) is 0 Å². The van der Waals surface area contributed by atoms with Crippen LogP contribution in [0.2, 0.25) is 0 Å². The quantitative estimate of drug-likeness (QED) is 0.559. The molecule has 2 aromatic rings. The third-order valence-corrected chi connectivity index (χ3v) is 5.20. The fourth-order valence-corrected chi connectivity index (χ4v) is 3.68. The summed E-state index contributed by atoms with van der Waals surface area (Å²) in [6.07, 6.45) is 1.31. The van der Waals surface area contributed by atoms with Gasteiger partial charge >= 0.3 is 18.0 Å². The minimum atomic E-state index is -0.904. The SMILES string of the molecule is CCOC(=O)C1=C(COC(=O)CCN2C(=O)COc3ccccc32)NC(=O)NC1c1ccco1. The van der Waals surface area contributed by atoms with Gasteiger partial charge in [0.05, 0.1) is 36.2 Å². The van der Waals surface area contributed by atoms with Crippen molar-refractivity contribution in [2.45, 2.75) is 19.4 Å². The summed E-state index contributed by atoms with van der Waals surface area (Å²) in [5, 5.41) is 5.12. The van der Waals surface area contributed by atoms with Gasteiger partial charge in [-0.25, -0.2) is 9.59 Å². The van der Waals surface area contributed by atoms with Gasteiger partial charge in [-0.15, -0.1) is 0 Å². The van der Waals surface area contributed by atoms with E-state index in [0.29, 0.717) is 17.2 Å². The van der Waals surface area contributed by atoms with Crippen LogP contribution < -0.4 is 20.3 Å². The Morgan fingerprint density at radius 3 is 2.74 bits per heavy atom. The molecule has 0 saturated carbocycles. The Hall–Kier alpha value is -4.28. The number of fused-ring (bicyclic) bond motifs is 1. The number of para-hydroxylation sites is 2. The molecule has 0 aliphatic carbocycles. The zero-order valence-corrected chi connectivity index (χ0v) is 18.4. The maximum absolute atomic E-state index is 12.6. The van der Waals surface area contributed by atoms with Crippen molar-refractivity contribution in [3.05, 3.63) is 59.7 Å². The van der Waals surface area contributed by atoms with Crippen LogP contribution in [-0.4, -0.2) is 50.2 Å². The van der Waals surface area contributed by atoms with Crippen LogP contribution in [0.25, 0.3) is 0 Å². The number of amides is 3. The highest BCUT2D eigenvalue weighted by Gasteiger charge is 2.36. The minimum Gasteiger partial charge on any atom is -0.482 e. The lowest BCUT2D eigenvalue weighted by atomic mass is 10.0. The molecule has 178 valence electrons. The smallest absolute Gasteiger partial charge is 0.338 e. The Morgan fingerprint density at radius 2 is 1.97 bits per heavy atom. The second-order valence-corrected chi connectivity index (χ2v) is 7.37. The maximum Gasteiger partial charge on any atom is 0.338 e. The van der Waals surface area contributed by atoms with E-state index < -0.39 is 24.0 Å². The summed E-state index contributed by atoms with van der Waals surface area (Å²) >= 11 is 0. The lowest BCUT2D eigenvalue weighted by Gasteiger charge is -2.29. The molecule has 2 aliphatic heterocycles. The third kappa shape index (κ3) is 4.87. The Balaban J connectivity index is 1.45. The van der Waals surface area contributed by atoms with Crippen LogP contribution >= 0.6 is 0 Å². The molecule has 1 aromatic carbocycles. The van der Waals surface area contributed by atoms with Crippen molar-refractivity contribution in [1.29, 1.82) is 0 Å². The Bertz CT molecular complexity index is 1120. The lowest BCUT2D eigenvalue weighted by molar-refractivity contribution is -0.143. The molecule has 0 fully saturated rings. The Morgan fingerprint density at radius 1 is 1.15 bits per heavy atom. The maximum atomic E-state index is 12.6. The molecule has 3 amide bonds.